The maximum Gasteiger partial charge on any atom is 0.254 e. The van der Waals surface area contributed by atoms with Gasteiger partial charge in [-0.1, -0.05) is 48.5 Å². The van der Waals surface area contributed by atoms with E-state index in [-0.39, 0.29) is 11.8 Å². The van der Waals surface area contributed by atoms with Crippen molar-refractivity contribution in [3.05, 3.63) is 71.3 Å². The van der Waals surface area contributed by atoms with Gasteiger partial charge in [-0.15, -0.1) is 0 Å². The van der Waals surface area contributed by atoms with Crippen LogP contribution in [0.15, 0.2) is 54.6 Å². The second kappa shape index (κ2) is 7.88. The van der Waals surface area contributed by atoms with Crippen molar-refractivity contribution >= 4 is 11.8 Å². The van der Waals surface area contributed by atoms with Gasteiger partial charge >= 0.3 is 0 Å². The van der Waals surface area contributed by atoms with Crippen LogP contribution < -0.4 is 5.32 Å². The van der Waals surface area contributed by atoms with Crippen LogP contribution in [0.1, 0.15) is 53.6 Å². The molecule has 5 nitrogen and oxygen atoms in total. The minimum atomic E-state index is -0.401. The fourth-order valence-electron chi connectivity index (χ4n) is 4.95. The summed E-state index contributed by atoms with van der Waals surface area (Å²) in [5.74, 6) is 0.180. The van der Waals surface area contributed by atoms with Gasteiger partial charge in [0.2, 0.25) is 5.91 Å². The highest BCUT2D eigenvalue weighted by atomic mass is 16.2. The van der Waals surface area contributed by atoms with E-state index in [1.807, 2.05) is 35.2 Å². The van der Waals surface area contributed by atoms with Gasteiger partial charge in [0.05, 0.1) is 12.0 Å². The van der Waals surface area contributed by atoms with Gasteiger partial charge < -0.3 is 10.2 Å². The van der Waals surface area contributed by atoms with Gasteiger partial charge in [0.1, 0.15) is 0 Å². The molecule has 1 saturated heterocycles. The van der Waals surface area contributed by atoms with Gasteiger partial charge in [0.15, 0.2) is 0 Å². The normalized spacial score (nSPS) is 20.8. The van der Waals surface area contributed by atoms with E-state index in [1.165, 1.54) is 5.56 Å². The topological polar surface area (TPSA) is 52.7 Å². The largest absolute Gasteiger partial charge is 0.353 e. The second-order valence-corrected chi connectivity index (χ2v) is 9.05. The minimum Gasteiger partial charge on any atom is -0.353 e. The van der Waals surface area contributed by atoms with Gasteiger partial charge in [-0.2, -0.15) is 0 Å². The number of hydrogen-bond acceptors (Lipinski definition) is 3. The molecule has 2 heterocycles. The van der Waals surface area contributed by atoms with Crippen LogP contribution in [0.3, 0.4) is 0 Å². The number of nitrogens with zero attached hydrogens (tertiary/aromatic N) is 2. The van der Waals surface area contributed by atoms with E-state index >= 15 is 0 Å². The number of likely N-dealkylation sites (tertiary alicyclic amines) is 1. The molecule has 0 unspecified atom stereocenters. The van der Waals surface area contributed by atoms with E-state index in [1.54, 1.807) is 0 Å². The molecule has 0 radical (unpaired) electrons. The van der Waals surface area contributed by atoms with Crippen LogP contribution in [0.2, 0.25) is 0 Å². The van der Waals surface area contributed by atoms with Gasteiger partial charge in [0, 0.05) is 37.8 Å². The number of hydrogen-bond donors (Lipinski definition) is 1. The maximum atomic E-state index is 13.3. The summed E-state index contributed by atoms with van der Waals surface area (Å²) in [4.78, 5) is 30.5. The molecular formula is C25H29N3O2. The molecule has 1 saturated carbocycles. The lowest BCUT2D eigenvalue weighted by atomic mass is 9.82. The Balaban J connectivity index is 1.34. The Labute approximate surface area is 178 Å². The molecular weight excluding hydrogens is 374 g/mol. The van der Waals surface area contributed by atoms with Crippen molar-refractivity contribution in [2.75, 3.05) is 13.1 Å². The van der Waals surface area contributed by atoms with Gasteiger partial charge in [-0.05, 0) is 42.9 Å². The summed E-state index contributed by atoms with van der Waals surface area (Å²) >= 11 is 0. The number of piperidine rings is 1. The highest BCUT2D eigenvalue weighted by Crippen LogP contribution is 2.39. The lowest BCUT2D eigenvalue weighted by molar-refractivity contribution is -0.125. The predicted molar refractivity (Wildman–Crippen MR) is 116 cm³/mol. The molecule has 5 rings (SSSR count). The minimum absolute atomic E-state index is 0.0846. The first kappa shape index (κ1) is 19.3. The Hall–Kier alpha value is -2.66. The number of fused-ring (bicyclic) bond motifs is 1. The smallest absolute Gasteiger partial charge is 0.254 e. The molecule has 2 aromatic carbocycles. The van der Waals surface area contributed by atoms with Crippen molar-refractivity contribution in [1.29, 1.82) is 0 Å². The van der Waals surface area contributed by atoms with Crippen molar-refractivity contribution < 1.29 is 9.59 Å². The van der Waals surface area contributed by atoms with E-state index in [2.05, 4.69) is 34.5 Å². The fourth-order valence-corrected chi connectivity index (χ4v) is 4.95. The van der Waals surface area contributed by atoms with Crippen molar-refractivity contribution in [2.45, 2.75) is 56.8 Å². The number of amides is 2. The molecule has 2 aromatic rings. The highest BCUT2D eigenvalue weighted by molar-refractivity contribution is 5.99. The van der Waals surface area contributed by atoms with E-state index in [0.717, 1.165) is 56.4 Å². The van der Waals surface area contributed by atoms with Crippen molar-refractivity contribution in [3.8, 4) is 0 Å². The Kier molecular flexibility index (Phi) is 5.07. The van der Waals surface area contributed by atoms with Crippen molar-refractivity contribution in [1.82, 2.24) is 15.1 Å². The molecule has 0 aromatic heterocycles. The Bertz CT molecular complexity index is 930. The summed E-state index contributed by atoms with van der Waals surface area (Å²) in [7, 11) is 0. The third-order valence-corrected chi connectivity index (χ3v) is 6.86. The standard InChI is InChI=1S/C25H29N3O2/c29-23(26-21-10-11-21)16-25(28-18-20-8-4-5-9-22(20)24(28)30)12-14-27(15-13-25)17-19-6-2-1-3-7-19/h1-9,21H,10-18H2,(H,26,29). The Morgan fingerprint density at radius 1 is 1.00 bits per heavy atom. The first-order valence-corrected chi connectivity index (χ1v) is 11.1. The molecule has 3 aliphatic rings. The van der Waals surface area contributed by atoms with Crippen LogP contribution in [-0.2, 0) is 17.9 Å². The molecule has 2 aliphatic heterocycles. The Morgan fingerprint density at radius 3 is 2.40 bits per heavy atom. The average molecular weight is 404 g/mol. The van der Waals surface area contributed by atoms with Gasteiger partial charge in [-0.25, -0.2) is 0 Å². The first-order chi connectivity index (χ1) is 14.6. The van der Waals surface area contributed by atoms with Crippen LogP contribution in [-0.4, -0.2) is 46.3 Å². The third kappa shape index (κ3) is 3.86. The zero-order chi connectivity index (χ0) is 20.6. The predicted octanol–water partition coefficient (Wildman–Crippen LogP) is 3.35. The van der Waals surface area contributed by atoms with Crippen LogP contribution in [0.25, 0.3) is 0 Å². The number of carbonyl (C=O) groups is 2. The molecule has 0 spiro atoms. The summed E-state index contributed by atoms with van der Waals surface area (Å²) < 4.78 is 0. The second-order valence-electron chi connectivity index (χ2n) is 9.05. The molecule has 5 heteroatoms. The van der Waals surface area contributed by atoms with Gasteiger partial charge in [0.25, 0.3) is 5.91 Å². The fraction of sp³-hybridized carbons (Fsp3) is 0.440. The first-order valence-electron chi connectivity index (χ1n) is 11.1. The summed E-state index contributed by atoms with van der Waals surface area (Å²) in [5.41, 5.74) is 2.78. The number of benzene rings is 2. The molecule has 0 atom stereocenters. The quantitative estimate of drug-likeness (QED) is 0.805. The van der Waals surface area contributed by atoms with E-state index in [9.17, 15) is 9.59 Å². The van der Waals surface area contributed by atoms with Crippen LogP contribution in [0, 0.1) is 0 Å². The maximum absolute atomic E-state index is 13.3. The van der Waals surface area contributed by atoms with E-state index in [0.29, 0.717) is 19.0 Å². The average Bonchev–Trinajstić information content (AvgIpc) is 3.51. The van der Waals surface area contributed by atoms with E-state index < -0.39 is 5.54 Å². The molecule has 1 aliphatic carbocycles. The number of rotatable bonds is 6. The molecule has 1 N–H and O–H groups in total. The molecule has 0 bridgehead atoms. The summed E-state index contributed by atoms with van der Waals surface area (Å²) in [6.45, 7) is 3.32. The van der Waals surface area contributed by atoms with Crippen LogP contribution >= 0.6 is 0 Å². The summed E-state index contributed by atoms with van der Waals surface area (Å²) in [6.07, 6.45) is 4.23. The zero-order valence-electron chi connectivity index (χ0n) is 17.3. The molecule has 2 amide bonds. The SMILES string of the molecule is O=C(CC1(N2Cc3ccccc3C2=O)CCN(Cc2ccccc2)CC1)NC1CC1. The summed E-state index contributed by atoms with van der Waals surface area (Å²) in [6, 6.07) is 18.7. The zero-order valence-corrected chi connectivity index (χ0v) is 17.3. The lowest BCUT2D eigenvalue weighted by Gasteiger charge is -2.47. The summed E-state index contributed by atoms with van der Waals surface area (Å²) in [5, 5.41) is 3.15. The van der Waals surface area contributed by atoms with Gasteiger partial charge in [-0.3, -0.25) is 14.5 Å². The number of carbonyl (C=O) groups excluding carboxylic acids is 2. The van der Waals surface area contributed by atoms with E-state index in [4.69, 9.17) is 0 Å². The lowest BCUT2D eigenvalue weighted by Crippen LogP contribution is -2.57. The molecule has 30 heavy (non-hydrogen) atoms. The molecule has 2 fully saturated rings. The van der Waals surface area contributed by atoms with Crippen molar-refractivity contribution in [3.63, 3.8) is 0 Å². The monoisotopic (exact) mass is 403 g/mol. The van der Waals surface area contributed by atoms with Crippen LogP contribution in [0.5, 0.6) is 0 Å². The van der Waals surface area contributed by atoms with Crippen LogP contribution in [0.4, 0.5) is 0 Å². The third-order valence-electron chi connectivity index (χ3n) is 6.86. The highest BCUT2D eigenvalue weighted by Gasteiger charge is 2.47. The Morgan fingerprint density at radius 2 is 1.70 bits per heavy atom. The molecule has 156 valence electrons. The van der Waals surface area contributed by atoms with Crippen molar-refractivity contribution in [2.24, 2.45) is 0 Å². The number of nitrogens with one attached hydrogen (secondary N) is 1.